The van der Waals surface area contributed by atoms with Crippen molar-refractivity contribution in [2.75, 3.05) is 6.54 Å². The average Bonchev–Trinajstić information content (AvgIpc) is 2.05. The first-order valence-electron chi connectivity index (χ1n) is 3.92. The van der Waals surface area contributed by atoms with Crippen LogP contribution in [-0.4, -0.2) is 11.7 Å². The van der Waals surface area contributed by atoms with Gasteiger partial charge in [0.05, 0.1) is 0 Å². The Morgan fingerprint density at radius 1 is 1.46 bits per heavy atom. The van der Waals surface area contributed by atoms with Crippen LogP contribution in [0.1, 0.15) is 5.56 Å². The summed E-state index contributed by atoms with van der Waals surface area (Å²) < 4.78 is 0. The van der Waals surface area contributed by atoms with E-state index in [9.17, 15) is 0 Å². The highest BCUT2D eigenvalue weighted by Gasteiger charge is 1.91. The van der Waals surface area contributed by atoms with Crippen molar-refractivity contribution in [3.05, 3.63) is 42.5 Å². The van der Waals surface area contributed by atoms with Crippen LogP contribution in [0.15, 0.2) is 36.9 Å². The number of nitrogens with one attached hydrogen (secondary N) is 1. The van der Waals surface area contributed by atoms with E-state index in [-0.39, 0.29) is 12.4 Å². The quantitative estimate of drug-likeness (QED) is 0.575. The van der Waals surface area contributed by atoms with E-state index < -0.39 is 0 Å². The maximum atomic E-state index is 9.12. The van der Waals surface area contributed by atoms with Crippen molar-refractivity contribution in [3.8, 4) is 5.75 Å². The van der Waals surface area contributed by atoms with Crippen LogP contribution in [-0.2, 0) is 6.54 Å². The highest BCUT2D eigenvalue weighted by atomic mass is 35.5. The Hall–Kier alpha value is -0.990. The molecule has 0 aliphatic rings. The van der Waals surface area contributed by atoms with Crippen LogP contribution >= 0.6 is 12.4 Å². The zero-order valence-electron chi connectivity index (χ0n) is 7.36. The predicted molar refractivity (Wildman–Crippen MR) is 57.3 cm³/mol. The maximum absolute atomic E-state index is 9.12. The fourth-order valence-electron chi connectivity index (χ4n) is 0.985. The van der Waals surface area contributed by atoms with Crippen molar-refractivity contribution in [2.45, 2.75) is 6.54 Å². The van der Waals surface area contributed by atoms with Crippen LogP contribution in [0.4, 0.5) is 0 Å². The SMILES string of the molecule is C=CCNCc1cccc(O)c1.Cl. The van der Waals surface area contributed by atoms with Gasteiger partial charge < -0.3 is 10.4 Å². The maximum Gasteiger partial charge on any atom is 0.115 e. The lowest BCUT2D eigenvalue weighted by Gasteiger charge is -2.01. The molecule has 0 aromatic heterocycles. The molecule has 0 spiro atoms. The van der Waals surface area contributed by atoms with E-state index in [1.807, 2.05) is 18.2 Å². The molecule has 72 valence electrons. The summed E-state index contributed by atoms with van der Waals surface area (Å²) >= 11 is 0. The lowest BCUT2D eigenvalue weighted by Crippen LogP contribution is -2.12. The standard InChI is InChI=1S/C10H13NO.ClH/c1-2-6-11-8-9-4-3-5-10(12)7-9;/h2-5,7,11-12H,1,6,8H2;1H. The van der Waals surface area contributed by atoms with Gasteiger partial charge in [0.25, 0.3) is 0 Å². The summed E-state index contributed by atoms with van der Waals surface area (Å²) in [5.41, 5.74) is 1.08. The summed E-state index contributed by atoms with van der Waals surface area (Å²) in [6, 6.07) is 7.21. The lowest BCUT2D eigenvalue weighted by atomic mass is 10.2. The van der Waals surface area contributed by atoms with Crippen molar-refractivity contribution in [3.63, 3.8) is 0 Å². The molecule has 0 heterocycles. The molecule has 13 heavy (non-hydrogen) atoms. The number of aromatic hydroxyl groups is 1. The first-order chi connectivity index (χ1) is 5.83. The molecule has 1 aromatic carbocycles. The third-order valence-electron chi connectivity index (χ3n) is 1.53. The molecule has 0 aliphatic carbocycles. The Morgan fingerprint density at radius 3 is 2.85 bits per heavy atom. The number of benzene rings is 1. The molecule has 3 heteroatoms. The number of hydrogen-bond acceptors (Lipinski definition) is 2. The van der Waals surface area contributed by atoms with E-state index in [1.54, 1.807) is 12.1 Å². The Balaban J connectivity index is 0.00000144. The first kappa shape index (κ1) is 12.0. The number of hydrogen-bond donors (Lipinski definition) is 2. The molecule has 0 aliphatic heterocycles. The number of phenolic OH excluding ortho intramolecular Hbond substituents is 1. The molecule has 0 saturated carbocycles. The third kappa shape index (κ3) is 4.55. The Bertz CT molecular complexity index is 263. The van der Waals surface area contributed by atoms with Gasteiger partial charge in [-0.15, -0.1) is 19.0 Å². The molecule has 0 amide bonds. The minimum Gasteiger partial charge on any atom is -0.508 e. The van der Waals surface area contributed by atoms with Crippen LogP contribution in [0.3, 0.4) is 0 Å². The van der Waals surface area contributed by atoms with Crippen LogP contribution < -0.4 is 5.32 Å². The molecule has 0 radical (unpaired) electrons. The molecule has 2 N–H and O–H groups in total. The molecule has 1 rings (SSSR count). The summed E-state index contributed by atoms with van der Waals surface area (Å²) in [5, 5.41) is 12.3. The molecule has 0 saturated heterocycles. The van der Waals surface area contributed by atoms with Crippen LogP contribution in [0.2, 0.25) is 0 Å². The zero-order chi connectivity index (χ0) is 8.81. The monoisotopic (exact) mass is 199 g/mol. The Labute approximate surface area is 84.7 Å². The van der Waals surface area contributed by atoms with Gasteiger partial charge in [-0.3, -0.25) is 0 Å². The summed E-state index contributed by atoms with van der Waals surface area (Å²) in [4.78, 5) is 0. The second-order valence-electron chi connectivity index (χ2n) is 2.59. The highest BCUT2D eigenvalue weighted by molar-refractivity contribution is 5.85. The largest absolute Gasteiger partial charge is 0.508 e. The molecular weight excluding hydrogens is 186 g/mol. The van der Waals surface area contributed by atoms with Crippen LogP contribution in [0.25, 0.3) is 0 Å². The summed E-state index contributed by atoms with van der Waals surface area (Å²) in [7, 11) is 0. The van der Waals surface area contributed by atoms with E-state index >= 15 is 0 Å². The van der Waals surface area contributed by atoms with Gasteiger partial charge in [0.15, 0.2) is 0 Å². The van der Waals surface area contributed by atoms with Gasteiger partial charge >= 0.3 is 0 Å². The number of rotatable bonds is 4. The Kier molecular flexibility index (Phi) is 6.02. The molecule has 0 fully saturated rings. The first-order valence-corrected chi connectivity index (χ1v) is 3.92. The molecule has 2 nitrogen and oxygen atoms in total. The Morgan fingerprint density at radius 2 is 2.23 bits per heavy atom. The summed E-state index contributed by atoms with van der Waals surface area (Å²) in [6.07, 6.45) is 1.81. The lowest BCUT2D eigenvalue weighted by molar-refractivity contribution is 0.474. The fraction of sp³-hybridized carbons (Fsp3) is 0.200. The van der Waals surface area contributed by atoms with E-state index in [0.29, 0.717) is 5.75 Å². The van der Waals surface area contributed by atoms with Gasteiger partial charge in [0.1, 0.15) is 5.75 Å². The fourth-order valence-corrected chi connectivity index (χ4v) is 0.985. The molecule has 0 unspecified atom stereocenters. The van der Waals surface area contributed by atoms with E-state index in [0.717, 1.165) is 18.7 Å². The van der Waals surface area contributed by atoms with Gasteiger partial charge in [0.2, 0.25) is 0 Å². The van der Waals surface area contributed by atoms with Gasteiger partial charge in [-0.05, 0) is 17.7 Å². The summed E-state index contributed by atoms with van der Waals surface area (Å²) in [5.74, 6) is 0.313. The van der Waals surface area contributed by atoms with Crippen LogP contribution in [0, 0.1) is 0 Å². The van der Waals surface area contributed by atoms with Crippen molar-refractivity contribution in [2.24, 2.45) is 0 Å². The average molecular weight is 200 g/mol. The van der Waals surface area contributed by atoms with Crippen molar-refractivity contribution in [1.82, 2.24) is 5.32 Å². The number of halogens is 1. The second kappa shape index (κ2) is 6.52. The normalized spacial score (nSPS) is 8.92. The van der Waals surface area contributed by atoms with Crippen molar-refractivity contribution < 1.29 is 5.11 Å². The minimum atomic E-state index is 0. The van der Waals surface area contributed by atoms with Crippen LogP contribution in [0.5, 0.6) is 5.75 Å². The third-order valence-corrected chi connectivity index (χ3v) is 1.53. The van der Waals surface area contributed by atoms with E-state index in [1.165, 1.54) is 0 Å². The van der Waals surface area contributed by atoms with Gasteiger partial charge in [-0.25, -0.2) is 0 Å². The molecule has 0 bridgehead atoms. The minimum absolute atomic E-state index is 0. The van der Waals surface area contributed by atoms with Gasteiger partial charge in [0, 0.05) is 13.1 Å². The molecular formula is C10H14ClNO. The zero-order valence-corrected chi connectivity index (χ0v) is 8.18. The second-order valence-corrected chi connectivity index (χ2v) is 2.59. The van der Waals surface area contributed by atoms with E-state index in [4.69, 9.17) is 5.11 Å². The topological polar surface area (TPSA) is 32.3 Å². The predicted octanol–water partition coefficient (Wildman–Crippen LogP) is 2.09. The molecule has 1 aromatic rings. The summed E-state index contributed by atoms with van der Waals surface area (Å²) in [6.45, 7) is 5.15. The smallest absolute Gasteiger partial charge is 0.115 e. The van der Waals surface area contributed by atoms with Crippen molar-refractivity contribution in [1.29, 1.82) is 0 Å². The van der Waals surface area contributed by atoms with Gasteiger partial charge in [-0.1, -0.05) is 18.2 Å². The number of phenols is 1. The van der Waals surface area contributed by atoms with E-state index in [2.05, 4.69) is 11.9 Å². The highest BCUT2D eigenvalue weighted by Crippen LogP contribution is 2.09. The van der Waals surface area contributed by atoms with Crippen molar-refractivity contribution >= 4 is 12.4 Å². The molecule has 0 atom stereocenters. The van der Waals surface area contributed by atoms with Gasteiger partial charge in [-0.2, -0.15) is 0 Å².